The van der Waals surface area contributed by atoms with Crippen molar-refractivity contribution in [1.29, 1.82) is 0 Å². The lowest BCUT2D eigenvalue weighted by atomic mass is 10.2. The van der Waals surface area contributed by atoms with E-state index in [1.807, 2.05) is 6.92 Å². The topological polar surface area (TPSA) is 101 Å². The summed E-state index contributed by atoms with van der Waals surface area (Å²) in [6.07, 6.45) is 0. The minimum Gasteiger partial charge on any atom is -0.481 e. The van der Waals surface area contributed by atoms with Crippen LogP contribution >= 0.6 is 0 Å². The summed E-state index contributed by atoms with van der Waals surface area (Å²) in [6.45, 7) is 3.18. The quantitative estimate of drug-likeness (QED) is 0.818. The normalized spacial score (nSPS) is 12.7. The van der Waals surface area contributed by atoms with Crippen LogP contribution < -0.4 is 5.32 Å². The van der Waals surface area contributed by atoms with Crippen LogP contribution in [0.15, 0.2) is 24.3 Å². The summed E-state index contributed by atoms with van der Waals surface area (Å²) in [6, 6.07) is 6.91. The van der Waals surface area contributed by atoms with Crippen molar-refractivity contribution in [3.05, 3.63) is 29.8 Å². The molecule has 1 aromatic carbocycles. The van der Waals surface area contributed by atoms with E-state index < -0.39 is 39.1 Å². The second kappa shape index (κ2) is 6.51. The van der Waals surface area contributed by atoms with Gasteiger partial charge in [-0.2, -0.15) is 0 Å². The molecule has 0 saturated heterocycles. The molecule has 0 aliphatic rings. The van der Waals surface area contributed by atoms with Crippen molar-refractivity contribution < 1.29 is 23.1 Å². The predicted octanol–water partition coefficient (Wildman–Crippen LogP) is 1.07. The Labute approximate surface area is 117 Å². The van der Waals surface area contributed by atoms with Gasteiger partial charge in [0.15, 0.2) is 9.84 Å². The molecular formula is C13H17NO5S. The summed E-state index contributed by atoms with van der Waals surface area (Å²) in [7, 11) is -3.75. The number of nitrogens with one attached hydrogen (secondary N) is 1. The van der Waals surface area contributed by atoms with Crippen LogP contribution in [-0.2, 0) is 19.4 Å². The van der Waals surface area contributed by atoms with Crippen molar-refractivity contribution in [2.45, 2.75) is 13.8 Å². The molecule has 0 heterocycles. The molecule has 110 valence electrons. The minimum absolute atomic E-state index is 0.502. The van der Waals surface area contributed by atoms with Crippen molar-refractivity contribution in [2.75, 3.05) is 16.8 Å². The molecule has 1 amide bonds. The maximum atomic E-state index is 11.7. The number of carbonyl (C=O) groups is 2. The summed E-state index contributed by atoms with van der Waals surface area (Å²) in [5.41, 5.74) is 1.52. The van der Waals surface area contributed by atoms with Gasteiger partial charge >= 0.3 is 5.97 Å². The smallest absolute Gasteiger partial charge is 0.307 e. The summed E-state index contributed by atoms with van der Waals surface area (Å²) in [5, 5.41) is 11.1. The highest BCUT2D eigenvalue weighted by Gasteiger charge is 2.23. The van der Waals surface area contributed by atoms with E-state index in [0.717, 1.165) is 5.56 Å². The molecule has 1 atom stereocenters. The van der Waals surface area contributed by atoms with Crippen molar-refractivity contribution in [1.82, 2.24) is 0 Å². The third kappa shape index (κ3) is 5.40. The highest BCUT2D eigenvalue weighted by atomic mass is 32.2. The number of carboxylic acids is 1. The van der Waals surface area contributed by atoms with E-state index in [1.54, 1.807) is 24.3 Å². The molecule has 7 heteroatoms. The molecule has 6 nitrogen and oxygen atoms in total. The fraction of sp³-hybridized carbons (Fsp3) is 0.385. The van der Waals surface area contributed by atoms with Gasteiger partial charge in [-0.05, 0) is 19.1 Å². The monoisotopic (exact) mass is 299 g/mol. The van der Waals surface area contributed by atoms with E-state index in [9.17, 15) is 18.0 Å². The lowest BCUT2D eigenvalue weighted by Crippen LogP contribution is -2.29. The standard InChI is InChI=1S/C13H17NO5S/c1-9-3-5-11(6-4-9)14-12(15)8-20(18,19)7-10(2)13(16)17/h3-6,10H,7-8H2,1-2H3,(H,14,15)(H,16,17). The van der Waals surface area contributed by atoms with Crippen LogP contribution in [0.5, 0.6) is 0 Å². The number of carbonyl (C=O) groups excluding carboxylic acids is 1. The van der Waals surface area contributed by atoms with E-state index in [-0.39, 0.29) is 0 Å². The Morgan fingerprint density at radius 1 is 1.25 bits per heavy atom. The van der Waals surface area contributed by atoms with Crippen LogP contribution in [0.2, 0.25) is 0 Å². The average Bonchev–Trinajstić information content (AvgIpc) is 2.30. The Morgan fingerprint density at radius 2 is 1.80 bits per heavy atom. The van der Waals surface area contributed by atoms with E-state index in [4.69, 9.17) is 5.11 Å². The number of aryl methyl sites for hydroxylation is 1. The van der Waals surface area contributed by atoms with Crippen molar-refractivity contribution in [3.63, 3.8) is 0 Å². The number of hydrogen-bond donors (Lipinski definition) is 2. The second-order valence-electron chi connectivity index (χ2n) is 4.71. The van der Waals surface area contributed by atoms with Gasteiger partial charge in [0.25, 0.3) is 0 Å². The molecule has 1 aromatic rings. The maximum Gasteiger partial charge on any atom is 0.307 e. The highest BCUT2D eigenvalue weighted by Crippen LogP contribution is 2.09. The molecule has 0 spiro atoms. The first-order valence-electron chi connectivity index (χ1n) is 5.99. The van der Waals surface area contributed by atoms with E-state index >= 15 is 0 Å². The minimum atomic E-state index is -3.75. The Balaban J connectivity index is 2.61. The van der Waals surface area contributed by atoms with Gasteiger partial charge in [-0.25, -0.2) is 8.42 Å². The first-order valence-corrected chi connectivity index (χ1v) is 7.81. The van der Waals surface area contributed by atoms with Crippen LogP contribution in [-0.4, -0.2) is 36.9 Å². The Bertz CT molecular complexity index is 592. The van der Waals surface area contributed by atoms with Gasteiger partial charge in [0.2, 0.25) is 5.91 Å². The summed E-state index contributed by atoms with van der Waals surface area (Å²) < 4.78 is 23.4. The number of carboxylic acid groups (broad SMARTS) is 1. The maximum absolute atomic E-state index is 11.7. The molecule has 0 aliphatic carbocycles. The van der Waals surface area contributed by atoms with Gasteiger partial charge in [-0.15, -0.1) is 0 Å². The average molecular weight is 299 g/mol. The van der Waals surface area contributed by atoms with E-state index in [0.29, 0.717) is 5.69 Å². The lowest BCUT2D eigenvalue weighted by Gasteiger charge is -2.08. The predicted molar refractivity (Wildman–Crippen MR) is 75.3 cm³/mol. The Morgan fingerprint density at radius 3 is 2.30 bits per heavy atom. The molecule has 2 N–H and O–H groups in total. The number of rotatable bonds is 6. The second-order valence-corrected chi connectivity index (χ2v) is 6.82. The van der Waals surface area contributed by atoms with Gasteiger partial charge in [0.05, 0.1) is 11.7 Å². The van der Waals surface area contributed by atoms with Crippen LogP contribution in [0.4, 0.5) is 5.69 Å². The van der Waals surface area contributed by atoms with Crippen molar-refractivity contribution >= 4 is 27.4 Å². The zero-order valence-corrected chi connectivity index (χ0v) is 12.1. The van der Waals surface area contributed by atoms with E-state index in [1.165, 1.54) is 6.92 Å². The van der Waals surface area contributed by atoms with Gasteiger partial charge in [0.1, 0.15) is 5.75 Å². The number of aliphatic carboxylic acids is 1. The van der Waals surface area contributed by atoms with Gasteiger partial charge in [0, 0.05) is 5.69 Å². The van der Waals surface area contributed by atoms with Crippen LogP contribution in [0, 0.1) is 12.8 Å². The summed E-state index contributed by atoms with van der Waals surface area (Å²) >= 11 is 0. The first kappa shape index (κ1) is 16.2. The molecule has 0 saturated carbocycles. The number of sulfone groups is 1. The number of amides is 1. The zero-order valence-electron chi connectivity index (χ0n) is 11.3. The first-order chi connectivity index (χ1) is 9.19. The molecule has 0 bridgehead atoms. The number of benzene rings is 1. The molecule has 0 fully saturated rings. The van der Waals surface area contributed by atoms with Crippen LogP contribution in [0.1, 0.15) is 12.5 Å². The molecule has 0 aromatic heterocycles. The summed E-state index contributed by atoms with van der Waals surface area (Å²) in [5.74, 6) is -4.19. The molecular weight excluding hydrogens is 282 g/mol. The Kier molecular flexibility index (Phi) is 5.26. The molecule has 20 heavy (non-hydrogen) atoms. The SMILES string of the molecule is Cc1ccc(NC(=O)CS(=O)(=O)CC(C)C(=O)O)cc1. The van der Waals surface area contributed by atoms with E-state index in [2.05, 4.69) is 5.32 Å². The molecule has 1 unspecified atom stereocenters. The van der Waals surface area contributed by atoms with Crippen LogP contribution in [0.3, 0.4) is 0 Å². The molecule has 0 aliphatic heterocycles. The lowest BCUT2D eigenvalue weighted by molar-refractivity contribution is -0.140. The zero-order chi connectivity index (χ0) is 15.3. The van der Waals surface area contributed by atoms with Crippen LogP contribution in [0.25, 0.3) is 0 Å². The third-order valence-corrected chi connectivity index (χ3v) is 4.32. The van der Waals surface area contributed by atoms with Crippen molar-refractivity contribution in [2.24, 2.45) is 5.92 Å². The third-order valence-electron chi connectivity index (χ3n) is 2.61. The highest BCUT2D eigenvalue weighted by molar-refractivity contribution is 7.92. The number of hydrogen-bond acceptors (Lipinski definition) is 4. The van der Waals surface area contributed by atoms with Gasteiger partial charge in [-0.1, -0.05) is 24.6 Å². The fourth-order valence-electron chi connectivity index (χ4n) is 1.54. The largest absolute Gasteiger partial charge is 0.481 e. The summed E-state index contributed by atoms with van der Waals surface area (Å²) in [4.78, 5) is 22.2. The molecule has 0 radical (unpaired) electrons. The van der Waals surface area contributed by atoms with Gasteiger partial charge < -0.3 is 10.4 Å². The number of anilines is 1. The Hall–Kier alpha value is -1.89. The van der Waals surface area contributed by atoms with Gasteiger partial charge in [-0.3, -0.25) is 9.59 Å². The fourth-order valence-corrected chi connectivity index (χ4v) is 3.04. The molecule has 1 rings (SSSR count). The van der Waals surface area contributed by atoms with Crippen molar-refractivity contribution in [3.8, 4) is 0 Å².